The normalized spacial score (nSPS) is 36.5. The van der Waals surface area contributed by atoms with Gasteiger partial charge < -0.3 is 94.9 Å². The fourth-order valence-corrected chi connectivity index (χ4v) is 7.38. The van der Waals surface area contributed by atoms with E-state index >= 15 is 0 Å². The van der Waals surface area contributed by atoms with Crippen LogP contribution in [0.1, 0.15) is 23.7 Å². The summed E-state index contributed by atoms with van der Waals surface area (Å²) in [6, 6.07) is 6.85. The molecule has 0 unspecified atom stereocenters. The summed E-state index contributed by atoms with van der Waals surface area (Å²) in [5.74, 6) is -6.79. The zero-order valence-electron chi connectivity index (χ0n) is 32.9. The van der Waals surface area contributed by atoms with E-state index in [1.54, 1.807) is 18.2 Å². The number of aliphatic carboxylic acids is 1. The molecule has 3 aliphatic rings. The van der Waals surface area contributed by atoms with Crippen LogP contribution in [0.25, 0.3) is 0 Å². The SMILES string of the molecule is CC(=O)N[C@H]1[C@H]([C@@H](O)[C@H](O)CNC(=O)c2ccccc2)O[C@@](O[C@H]2[C@@H](O)[C@@H](CO)O[C@@H](O[C@H]3[C@@H](O)[C@@H](CO)O[C@@H](OCC[Si](C)(C)C)[C@@H]3O)[C@@H]2O)(C(=O)[O-])C[C@@H]1O.[Na+]. The second-order valence-corrected chi connectivity index (χ2v) is 21.2. The molecule has 58 heavy (non-hydrogen) atoms. The Labute approximate surface area is 357 Å². The summed E-state index contributed by atoms with van der Waals surface area (Å²) in [6.45, 7) is 5.07. The van der Waals surface area contributed by atoms with Gasteiger partial charge in [-0.15, -0.1) is 0 Å². The van der Waals surface area contributed by atoms with Gasteiger partial charge in [0.25, 0.3) is 5.91 Å². The third-order valence-corrected chi connectivity index (χ3v) is 11.6. The molecule has 0 aromatic heterocycles. The number of benzene rings is 1. The number of nitrogens with one attached hydrogen (secondary N) is 2. The van der Waals surface area contributed by atoms with Crippen molar-refractivity contribution in [3.05, 3.63) is 35.9 Å². The van der Waals surface area contributed by atoms with E-state index in [-0.39, 0.29) is 41.7 Å². The number of ether oxygens (including phenoxy) is 6. The number of aliphatic hydroxyl groups is 9. The summed E-state index contributed by atoms with van der Waals surface area (Å²) in [6.07, 6.45) is -27.3. The van der Waals surface area contributed by atoms with Crippen LogP contribution >= 0.6 is 0 Å². The second kappa shape index (κ2) is 21.9. The summed E-state index contributed by atoms with van der Waals surface area (Å²) >= 11 is 0. The van der Waals surface area contributed by atoms with E-state index in [4.69, 9.17) is 28.4 Å². The summed E-state index contributed by atoms with van der Waals surface area (Å²) in [5.41, 5.74) is 0.209. The second-order valence-electron chi connectivity index (χ2n) is 15.5. The molecule has 1 aromatic rings. The number of aliphatic hydroxyl groups excluding tert-OH is 9. The maximum absolute atomic E-state index is 12.9. The average molecular weight is 859 g/mol. The molecular weight excluding hydrogens is 803 g/mol. The van der Waals surface area contributed by atoms with Crippen molar-refractivity contribution in [3.8, 4) is 0 Å². The quantitative estimate of drug-likeness (QED) is 0.0648. The first-order valence-electron chi connectivity index (χ1n) is 18.5. The van der Waals surface area contributed by atoms with Gasteiger partial charge in [0.05, 0.1) is 31.5 Å². The fraction of sp³-hybridized carbons (Fsp3) is 0.743. The van der Waals surface area contributed by atoms with Gasteiger partial charge in [0.1, 0.15) is 67.0 Å². The van der Waals surface area contributed by atoms with Crippen molar-refractivity contribution in [2.24, 2.45) is 0 Å². The van der Waals surface area contributed by atoms with E-state index < -0.39 is 150 Å². The molecule has 2 amide bonds. The van der Waals surface area contributed by atoms with Crippen LogP contribution in [-0.2, 0) is 38.0 Å². The van der Waals surface area contributed by atoms with Crippen molar-refractivity contribution in [3.63, 3.8) is 0 Å². The predicted octanol–water partition coefficient (Wildman–Crippen LogP) is -8.75. The predicted molar refractivity (Wildman–Crippen MR) is 191 cm³/mol. The Morgan fingerprint density at radius 3 is 2.03 bits per heavy atom. The van der Waals surface area contributed by atoms with Crippen LogP contribution in [0.3, 0.4) is 0 Å². The minimum atomic E-state index is -3.17. The summed E-state index contributed by atoms with van der Waals surface area (Å²) in [7, 11) is -1.61. The van der Waals surface area contributed by atoms with Crippen molar-refractivity contribution in [2.45, 2.75) is 137 Å². The Morgan fingerprint density at radius 1 is 0.914 bits per heavy atom. The van der Waals surface area contributed by atoms with Gasteiger partial charge in [-0.25, -0.2) is 0 Å². The molecule has 4 rings (SSSR count). The number of carbonyl (C=O) groups excluding carboxylic acids is 3. The van der Waals surface area contributed by atoms with Crippen molar-refractivity contribution < 1.29 is 123 Å². The Kier molecular flexibility index (Phi) is 19.1. The van der Waals surface area contributed by atoms with E-state index in [1.165, 1.54) is 12.1 Å². The van der Waals surface area contributed by atoms with Crippen LogP contribution in [-0.4, -0.2) is 196 Å². The number of hydrogen-bond acceptors (Lipinski definition) is 19. The van der Waals surface area contributed by atoms with Gasteiger partial charge in [-0.3, -0.25) is 9.59 Å². The molecule has 0 aliphatic carbocycles. The maximum atomic E-state index is 12.9. The number of hydrogen-bond donors (Lipinski definition) is 11. The van der Waals surface area contributed by atoms with Crippen molar-refractivity contribution in [1.29, 1.82) is 0 Å². The fourth-order valence-electron chi connectivity index (χ4n) is 6.65. The van der Waals surface area contributed by atoms with Crippen LogP contribution in [0.15, 0.2) is 30.3 Å². The van der Waals surface area contributed by atoms with Crippen LogP contribution in [0.2, 0.25) is 25.7 Å². The van der Waals surface area contributed by atoms with E-state index in [9.17, 15) is 65.4 Å². The number of carbonyl (C=O) groups is 3. The smallest absolute Gasteiger partial charge is 0.544 e. The molecule has 3 saturated heterocycles. The summed E-state index contributed by atoms with van der Waals surface area (Å²) in [5, 5.41) is 116. The Balaban J connectivity index is 0.00000900. The molecule has 0 saturated carbocycles. The zero-order valence-corrected chi connectivity index (χ0v) is 35.9. The van der Waals surface area contributed by atoms with Crippen LogP contribution in [0, 0.1) is 0 Å². The van der Waals surface area contributed by atoms with Crippen molar-refractivity contribution >= 4 is 25.9 Å². The minimum Gasteiger partial charge on any atom is -0.544 e. The topological polar surface area (TPSA) is 336 Å². The maximum Gasteiger partial charge on any atom is 1.00 e. The number of amides is 2. The van der Waals surface area contributed by atoms with Crippen LogP contribution in [0.5, 0.6) is 0 Å². The molecule has 23 heteroatoms. The van der Waals surface area contributed by atoms with E-state index in [0.29, 0.717) is 6.04 Å². The first kappa shape index (κ1) is 50.6. The van der Waals surface area contributed by atoms with E-state index in [0.717, 1.165) is 6.92 Å². The van der Waals surface area contributed by atoms with E-state index in [2.05, 4.69) is 30.3 Å². The summed E-state index contributed by atoms with van der Waals surface area (Å²) in [4.78, 5) is 37.6. The van der Waals surface area contributed by atoms with Crippen molar-refractivity contribution in [2.75, 3.05) is 26.4 Å². The molecule has 11 N–H and O–H groups in total. The van der Waals surface area contributed by atoms with E-state index in [1.807, 2.05) is 0 Å². The zero-order chi connectivity index (χ0) is 42.4. The van der Waals surface area contributed by atoms with Gasteiger partial charge in [-0.2, -0.15) is 0 Å². The molecule has 3 aliphatic heterocycles. The molecule has 0 radical (unpaired) electrons. The molecular formula is C35H55N2NaO19Si. The molecule has 0 bridgehead atoms. The molecule has 3 heterocycles. The van der Waals surface area contributed by atoms with Gasteiger partial charge in [0.15, 0.2) is 12.6 Å². The standard InChI is InChI=1S/C35H56N2O19Si.Na/c1-16(40)37-22-18(41)12-35(34(49)50,55-28(22)23(43)19(42)13-36-31(48)17-8-6-5-7-9-17)56-30-25(45)21(15-39)53-33(27(30)47)54-29-24(44)20(14-38)52-32(26(29)46)51-10-11-57(2,3)4;/h5-9,18-30,32-33,38-39,41-47H,10-15H2,1-4H3,(H,36,48)(H,37,40)(H,49,50);/q;+1/p-1/t18-,19+,20+,21+,22+,23-,24-,25-,26+,27+,28+,29-,30-,32+,33-,35-;/m0./s1. The average Bonchev–Trinajstić information content (AvgIpc) is 3.15. The minimum absolute atomic E-state index is 0. The van der Waals surface area contributed by atoms with Crippen LogP contribution in [0.4, 0.5) is 0 Å². The molecule has 21 nitrogen and oxygen atoms in total. The van der Waals surface area contributed by atoms with Gasteiger partial charge in [0.2, 0.25) is 11.7 Å². The first-order valence-corrected chi connectivity index (χ1v) is 22.2. The third-order valence-electron chi connectivity index (χ3n) is 9.89. The Hall–Kier alpha value is -1.75. The molecule has 3 fully saturated rings. The third kappa shape index (κ3) is 12.4. The molecule has 324 valence electrons. The van der Waals surface area contributed by atoms with Crippen LogP contribution < -0.4 is 45.3 Å². The molecule has 0 spiro atoms. The number of carboxylic acid groups (broad SMARTS) is 1. The summed E-state index contributed by atoms with van der Waals surface area (Å²) < 4.78 is 34.0. The molecule has 16 atom stereocenters. The van der Waals surface area contributed by atoms with Gasteiger partial charge in [-0.05, 0) is 18.2 Å². The number of rotatable bonds is 17. The Morgan fingerprint density at radius 2 is 1.48 bits per heavy atom. The van der Waals surface area contributed by atoms with Gasteiger partial charge in [-0.1, -0.05) is 37.8 Å². The largest absolute Gasteiger partial charge is 1.00 e. The van der Waals surface area contributed by atoms with Gasteiger partial charge in [0, 0.05) is 40.1 Å². The Bertz CT molecular complexity index is 1480. The number of carboxylic acids is 1. The van der Waals surface area contributed by atoms with Crippen molar-refractivity contribution in [1.82, 2.24) is 10.6 Å². The molecule has 1 aromatic carbocycles. The monoisotopic (exact) mass is 858 g/mol. The van der Waals surface area contributed by atoms with Gasteiger partial charge >= 0.3 is 29.6 Å². The first-order chi connectivity index (χ1) is 26.7.